The van der Waals surface area contributed by atoms with E-state index in [0.717, 1.165) is 0 Å². The molecule has 0 aromatic heterocycles. The second-order valence-electron chi connectivity index (χ2n) is 2.56. The van der Waals surface area contributed by atoms with E-state index in [-0.39, 0.29) is 5.56 Å². The van der Waals surface area contributed by atoms with Crippen LogP contribution in [0.2, 0.25) is 0 Å². The van der Waals surface area contributed by atoms with Gasteiger partial charge in [0.2, 0.25) is 5.12 Å². The third-order valence-electron chi connectivity index (χ3n) is 1.53. The molecule has 0 spiro atoms. The second-order valence-corrected chi connectivity index (χ2v) is 3.60. The van der Waals surface area contributed by atoms with Crippen LogP contribution in [-0.4, -0.2) is 17.7 Å². The number of hydrogen-bond donors (Lipinski definition) is 0. The maximum absolute atomic E-state index is 11.9. The van der Waals surface area contributed by atoms with Gasteiger partial charge >= 0.3 is 5.51 Å². The van der Waals surface area contributed by atoms with Gasteiger partial charge in [-0.05, 0) is 24.3 Å². The lowest BCUT2D eigenvalue weighted by atomic mass is 10.2. The van der Waals surface area contributed by atoms with Crippen molar-refractivity contribution in [2.45, 2.75) is 5.51 Å². The summed E-state index contributed by atoms with van der Waals surface area (Å²) in [4.78, 5) is 11.1. The van der Waals surface area contributed by atoms with Crippen molar-refractivity contribution >= 4 is 16.9 Å². The predicted octanol–water partition coefficient (Wildman–Crippen LogP) is 3.09. The van der Waals surface area contributed by atoms with E-state index < -0.39 is 22.4 Å². The highest BCUT2D eigenvalue weighted by Gasteiger charge is 2.33. The molecular formula is C9H7F3O2S. The molecule has 0 N–H and O–H groups in total. The lowest BCUT2D eigenvalue weighted by molar-refractivity contribution is -0.0322. The Labute approximate surface area is 88.4 Å². The number of ether oxygens (including phenoxy) is 1. The highest BCUT2D eigenvalue weighted by atomic mass is 32.2. The fourth-order valence-corrected chi connectivity index (χ4v) is 1.36. The fraction of sp³-hybridized carbons (Fsp3) is 0.222. The molecule has 0 radical (unpaired) electrons. The zero-order chi connectivity index (χ0) is 11.5. The van der Waals surface area contributed by atoms with Gasteiger partial charge in [-0.1, -0.05) is 0 Å². The third-order valence-corrected chi connectivity index (χ3v) is 2.19. The zero-order valence-corrected chi connectivity index (χ0v) is 8.48. The Balaban J connectivity index is 2.75. The molecule has 0 aliphatic rings. The molecule has 0 saturated carbocycles. The van der Waals surface area contributed by atoms with E-state index in [9.17, 15) is 18.0 Å². The van der Waals surface area contributed by atoms with Crippen molar-refractivity contribution in [1.29, 1.82) is 0 Å². The monoisotopic (exact) mass is 236 g/mol. The maximum atomic E-state index is 11.9. The van der Waals surface area contributed by atoms with Crippen LogP contribution in [0.3, 0.4) is 0 Å². The summed E-state index contributed by atoms with van der Waals surface area (Å²) >= 11 is -0.656. The van der Waals surface area contributed by atoms with Crippen LogP contribution in [0.5, 0.6) is 5.75 Å². The molecule has 0 unspecified atom stereocenters. The summed E-state index contributed by atoms with van der Waals surface area (Å²) < 4.78 is 40.4. The van der Waals surface area contributed by atoms with Crippen LogP contribution in [-0.2, 0) is 0 Å². The van der Waals surface area contributed by atoms with Gasteiger partial charge in [-0.15, -0.1) is 0 Å². The van der Waals surface area contributed by atoms with E-state index in [1.165, 1.54) is 31.4 Å². The number of benzene rings is 1. The normalized spacial score (nSPS) is 11.2. The predicted molar refractivity (Wildman–Crippen MR) is 51.0 cm³/mol. The van der Waals surface area contributed by atoms with Crippen molar-refractivity contribution in [3.8, 4) is 5.75 Å². The van der Waals surface area contributed by atoms with Gasteiger partial charge in [0.05, 0.1) is 7.11 Å². The molecule has 82 valence electrons. The molecule has 0 atom stereocenters. The topological polar surface area (TPSA) is 26.3 Å². The Kier molecular flexibility index (Phi) is 3.62. The van der Waals surface area contributed by atoms with Gasteiger partial charge in [-0.2, -0.15) is 13.2 Å². The Bertz CT molecular complexity index is 345. The van der Waals surface area contributed by atoms with Gasteiger partial charge in [0, 0.05) is 17.3 Å². The van der Waals surface area contributed by atoms with Crippen LogP contribution in [0.15, 0.2) is 24.3 Å². The molecule has 0 amide bonds. The average Bonchev–Trinajstić information content (AvgIpc) is 2.15. The molecular weight excluding hydrogens is 229 g/mol. The lowest BCUT2D eigenvalue weighted by Crippen LogP contribution is -2.06. The van der Waals surface area contributed by atoms with Gasteiger partial charge < -0.3 is 4.74 Å². The van der Waals surface area contributed by atoms with Crippen molar-refractivity contribution in [1.82, 2.24) is 0 Å². The zero-order valence-electron chi connectivity index (χ0n) is 7.67. The molecule has 1 rings (SSSR count). The highest BCUT2D eigenvalue weighted by molar-refractivity contribution is 8.14. The molecule has 6 heteroatoms. The smallest absolute Gasteiger partial charge is 0.449 e. The fourth-order valence-electron chi connectivity index (χ4n) is 0.891. The molecule has 0 aliphatic carbocycles. The quantitative estimate of drug-likeness (QED) is 0.789. The van der Waals surface area contributed by atoms with Gasteiger partial charge in [-0.3, -0.25) is 4.79 Å². The first-order chi connectivity index (χ1) is 6.92. The summed E-state index contributed by atoms with van der Waals surface area (Å²) in [5, 5.41) is -1.02. The molecule has 1 aromatic rings. The molecule has 0 saturated heterocycles. The maximum Gasteiger partial charge on any atom is 0.449 e. The van der Waals surface area contributed by atoms with E-state index >= 15 is 0 Å². The van der Waals surface area contributed by atoms with Gasteiger partial charge in [0.25, 0.3) is 0 Å². The molecule has 1 aromatic carbocycles. The number of carbonyl (C=O) groups excluding carboxylic acids is 1. The SMILES string of the molecule is COc1ccc(C(=O)SC(F)(F)F)cc1. The van der Waals surface area contributed by atoms with E-state index in [0.29, 0.717) is 5.75 Å². The third kappa shape index (κ3) is 3.83. The van der Waals surface area contributed by atoms with Gasteiger partial charge in [0.1, 0.15) is 5.75 Å². The molecule has 0 fully saturated rings. The largest absolute Gasteiger partial charge is 0.497 e. The molecule has 15 heavy (non-hydrogen) atoms. The number of carbonyl (C=O) groups is 1. The van der Waals surface area contributed by atoms with Gasteiger partial charge in [-0.25, -0.2) is 0 Å². The van der Waals surface area contributed by atoms with Crippen LogP contribution < -0.4 is 4.74 Å². The van der Waals surface area contributed by atoms with E-state index in [1.54, 1.807) is 0 Å². The Hall–Kier alpha value is -1.17. The average molecular weight is 236 g/mol. The first kappa shape index (κ1) is 11.9. The van der Waals surface area contributed by atoms with E-state index in [4.69, 9.17) is 4.74 Å². The summed E-state index contributed by atoms with van der Waals surface area (Å²) in [5.41, 5.74) is -4.55. The standard InChI is InChI=1S/C9H7F3O2S/c1-14-7-4-2-6(3-5-7)8(13)15-9(10,11)12/h2-5H,1H3. The number of halogens is 3. The van der Waals surface area contributed by atoms with Crippen LogP contribution in [0, 0.1) is 0 Å². The van der Waals surface area contributed by atoms with Crippen molar-refractivity contribution < 1.29 is 22.7 Å². The number of rotatable bonds is 2. The number of hydrogen-bond acceptors (Lipinski definition) is 3. The minimum Gasteiger partial charge on any atom is -0.497 e. The number of thioether (sulfide) groups is 1. The second kappa shape index (κ2) is 4.57. The van der Waals surface area contributed by atoms with Crippen LogP contribution >= 0.6 is 11.8 Å². The first-order valence-electron chi connectivity index (χ1n) is 3.86. The first-order valence-corrected chi connectivity index (χ1v) is 4.68. The Morgan fingerprint density at radius 1 is 1.27 bits per heavy atom. The van der Waals surface area contributed by atoms with Crippen molar-refractivity contribution in [3.63, 3.8) is 0 Å². The molecule has 0 heterocycles. The molecule has 2 nitrogen and oxygen atoms in total. The Morgan fingerprint density at radius 2 is 1.80 bits per heavy atom. The van der Waals surface area contributed by atoms with E-state index in [1.807, 2.05) is 0 Å². The number of alkyl halides is 3. The minimum absolute atomic E-state index is 0.00174. The van der Waals surface area contributed by atoms with Gasteiger partial charge in [0.15, 0.2) is 0 Å². The van der Waals surface area contributed by atoms with Crippen LogP contribution in [0.1, 0.15) is 10.4 Å². The summed E-state index contributed by atoms with van der Waals surface area (Å²) in [6.45, 7) is 0. The summed E-state index contributed by atoms with van der Waals surface area (Å²) in [7, 11) is 1.43. The molecule has 0 bridgehead atoms. The minimum atomic E-state index is -4.54. The molecule has 0 aliphatic heterocycles. The van der Waals surface area contributed by atoms with Crippen LogP contribution in [0.25, 0.3) is 0 Å². The van der Waals surface area contributed by atoms with E-state index in [2.05, 4.69) is 0 Å². The summed E-state index contributed by atoms with van der Waals surface area (Å²) in [6, 6.07) is 5.45. The van der Waals surface area contributed by atoms with Crippen LogP contribution in [0.4, 0.5) is 13.2 Å². The highest BCUT2D eigenvalue weighted by Crippen LogP contribution is 2.33. The van der Waals surface area contributed by atoms with Crippen molar-refractivity contribution in [3.05, 3.63) is 29.8 Å². The number of methoxy groups -OCH3 is 1. The Morgan fingerprint density at radius 3 is 2.20 bits per heavy atom. The summed E-state index contributed by atoms with van der Waals surface area (Å²) in [6.07, 6.45) is 0. The van der Waals surface area contributed by atoms with Crippen molar-refractivity contribution in [2.75, 3.05) is 7.11 Å². The summed E-state index contributed by atoms with van der Waals surface area (Å²) in [5.74, 6) is 0.489. The lowest BCUT2D eigenvalue weighted by Gasteiger charge is -2.04. The van der Waals surface area contributed by atoms with Crippen molar-refractivity contribution in [2.24, 2.45) is 0 Å².